The number of nitrogens with one attached hydrogen (secondary N) is 1. The normalized spacial score (nSPS) is 29.4. The van der Waals surface area contributed by atoms with Gasteiger partial charge in [0.05, 0.1) is 11.8 Å². The first kappa shape index (κ1) is 14.7. The lowest BCUT2D eigenvalue weighted by Crippen LogP contribution is -2.47. The van der Waals surface area contributed by atoms with E-state index in [1.54, 1.807) is 0 Å². The van der Waals surface area contributed by atoms with Gasteiger partial charge in [-0.1, -0.05) is 12.2 Å². The second-order valence-electron chi connectivity index (χ2n) is 5.80. The zero-order valence-electron chi connectivity index (χ0n) is 11.6. The highest BCUT2D eigenvalue weighted by molar-refractivity contribution is 5.96. The Morgan fingerprint density at radius 1 is 1.05 bits per heavy atom. The van der Waals surface area contributed by atoms with Crippen molar-refractivity contribution in [1.29, 1.82) is 0 Å². The molecule has 0 spiro atoms. The molecule has 0 saturated heterocycles. The predicted octanol–water partition coefficient (Wildman–Crippen LogP) is 2.82. The van der Waals surface area contributed by atoms with Crippen molar-refractivity contribution in [3.63, 3.8) is 0 Å². The van der Waals surface area contributed by atoms with Crippen molar-refractivity contribution >= 4 is 17.6 Å². The summed E-state index contributed by atoms with van der Waals surface area (Å²) in [5.74, 6) is -5.25. The van der Waals surface area contributed by atoms with Crippen LogP contribution < -0.4 is 5.32 Å². The lowest BCUT2D eigenvalue weighted by Gasteiger charge is -2.41. The number of allylic oxidation sites excluding steroid dienone is 2. The molecule has 116 valence electrons. The van der Waals surface area contributed by atoms with Crippen molar-refractivity contribution in [3.05, 3.63) is 42.0 Å². The van der Waals surface area contributed by atoms with Gasteiger partial charge in [-0.15, -0.1) is 0 Å². The average Bonchev–Trinajstić information content (AvgIpc) is 2.51. The number of aliphatic carboxylic acids is 1. The summed E-state index contributed by atoms with van der Waals surface area (Å²) in [5.41, 5.74) is 0.124. The smallest absolute Gasteiger partial charge is 0.307 e. The Hall–Kier alpha value is -2.24. The van der Waals surface area contributed by atoms with Crippen LogP contribution in [0.15, 0.2) is 30.4 Å². The zero-order valence-corrected chi connectivity index (χ0v) is 11.6. The van der Waals surface area contributed by atoms with Crippen LogP contribution in [0, 0.1) is 35.3 Å². The maximum Gasteiger partial charge on any atom is 0.307 e. The molecule has 0 aliphatic heterocycles. The third-order valence-electron chi connectivity index (χ3n) is 4.52. The van der Waals surface area contributed by atoms with E-state index in [4.69, 9.17) is 0 Å². The summed E-state index contributed by atoms with van der Waals surface area (Å²) in [4.78, 5) is 23.9. The summed E-state index contributed by atoms with van der Waals surface area (Å²) in [7, 11) is 0. The molecule has 1 aromatic carbocycles. The summed E-state index contributed by atoms with van der Waals surface area (Å²) < 4.78 is 26.1. The molecule has 4 atom stereocenters. The number of halogens is 2. The number of amides is 1. The highest BCUT2D eigenvalue weighted by atomic mass is 19.2. The molecule has 1 fully saturated rings. The first-order chi connectivity index (χ1) is 10.5. The lowest BCUT2D eigenvalue weighted by molar-refractivity contribution is -0.151. The number of carbonyl (C=O) groups is 2. The third kappa shape index (κ3) is 2.49. The van der Waals surface area contributed by atoms with Crippen LogP contribution in [0.4, 0.5) is 14.5 Å². The van der Waals surface area contributed by atoms with Gasteiger partial charge >= 0.3 is 5.97 Å². The maximum absolute atomic E-state index is 13.2. The van der Waals surface area contributed by atoms with E-state index in [-0.39, 0.29) is 17.5 Å². The maximum atomic E-state index is 13.2. The van der Waals surface area contributed by atoms with E-state index in [2.05, 4.69) is 5.32 Å². The summed E-state index contributed by atoms with van der Waals surface area (Å²) in [6.07, 6.45) is 5.28. The van der Waals surface area contributed by atoms with Gasteiger partial charge in [-0.2, -0.15) is 0 Å². The van der Waals surface area contributed by atoms with Crippen LogP contribution in [0.2, 0.25) is 0 Å². The second-order valence-corrected chi connectivity index (χ2v) is 5.80. The molecule has 2 bridgehead atoms. The van der Waals surface area contributed by atoms with Crippen LogP contribution in [0.5, 0.6) is 0 Å². The van der Waals surface area contributed by atoms with Gasteiger partial charge in [0.25, 0.3) is 0 Å². The van der Waals surface area contributed by atoms with Gasteiger partial charge < -0.3 is 10.4 Å². The van der Waals surface area contributed by atoms with Gasteiger partial charge in [0, 0.05) is 11.8 Å². The molecule has 0 radical (unpaired) electrons. The minimum atomic E-state index is -1.06. The fourth-order valence-corrected chi connectivity index (χ4v) is 3.49. The third-order valence-corrected chi connectivity index (χ3v) is 4.52. The number of carbonyl (C=O) groups excluding carboxylic acids is 1. The first-order valence-corrected chi connectivity index (χ1v) is 7.14. The molecule has 4 rings (SSSR count). The largest absolute Gasteiger partial charge is 0.481 e. The number of hydrogen-bond donors (Lipinski definition) is 2. The predicted molar refractivity (Wildman–Crippen MR) is 75.0 cm³/mol. The van der Waals surface area contributed by atoms with Gasteiger partial charge in [0.2, 0.25) is 5.91 Å². The molecule has 2 N–H and O–H groups in total. The topological polar surface area (TPSA) is 66.4 Å². The average molecular weight is 307 g/mol. The van der Waals surface area contributed by atoms with Crippen molar-refractivity contribution in [2.45, 2.75) is 12.8 Å². The molecule has 3 aliphatic rings. The van der Waals surface area contributed by atoms with Crippen LogP contribution >= 0.6 is 0 Å². The van der Waals surface area contributed by atoms with Crippen molar-refractivity contribution < 1.29 is 23.5 Å². The molecule has 6 heteroatoms. The zero-order chi connectivity index (χ0) is 15.9. The Labute approximate surface area is 125 Å². The SMILES string of the molecule is O=C(Nc1ccc(F)c(F)c1)[C@@H]1[C@H](C(=O)O)[C@@H]2C=C[C@H]1CC2. The van der Waals surface area contributed by atoms with Crippen LogP contribution in [0.25, 0.3) is 0 Å². The fourth-order valence-electron chi connectivity index (χ4n) is 3.49. The van der Waals surface area contributed by atoms with E-state index < -0.39 is 35.3 Å². The first-order valence-electron chi connectivity index (χ1n) is 7.14. The molecule has 1 aromatic rings. The standard InChI is InChI=1S/C16H15F2NO3/c17-11-6-5-10(7-12(11)18)19-15(20)13-8-1-3-9(4-2-8)14(13)16(21)22/h1,3,5-9,13-14H,2,4H2,(H,19,20)(H,21,22)/t8-,9+,13-,14+/m0/s1. The number of rotatable bonds is 3. The molecule has 0 heterocycles. The molecular formula is C16H15F2NO3. The molecule has 22 heavy (non-hydrogen) atoms. The van der Waals surface area contributed by atoms with Crippen LogP contribution in [-0.4, -0.2) is 17.0 Å². The minimum Gasteiger partial charge on any atom is -0.481 e. The summed E-state index contributed by atoms with van der Waals surface area (Å²) in [5, 5.41) is 11.9. The Morgan fingerprint density at radius 3 is 2.23 bits per heavy atom. The van der Waals surface area contributed by atoms with Crippen molar-refractivity contribution in [2.24, 2.45) is 23.7 Å². The number of carboxylic acids is 1. The molecule has 1 amide bonds. The van der Waals surface area contributed by atoms with E-state index in [0.29, 0.717) is 0 Å². The van der Waals surface area contributed by atoms with Gasteiger partial charge in [-0.05, 0) is 36.8 Å². The lowest BCUT2D eigenvalue weighted by atomic mass is 9.62. The molecule has 3 aliphatic carbocycles. The Kier molecular flexibility index (Phi) is 3.68. The number of hydrogen-bond acceptors (Lipinski definition) is 2. The quantitative estimate of drug-likeness (QED) is 0.844. The summed E-state index contributed by atoms with van der Waals surface area (Å²) >= 11 is 0. The summed E-state index contributed by atoms with van der Waals surface area (Å²) in [6, 6.07) is 3.06. The Bertz CT molecular complexity index is 659. The monoisotopic (exact) mass is 307 g/mol. The van der Waals surface area contributed by atoms with Crippen LogP contribution in [0.1, 0.15) is 12.8 Å². The number of anilines is 1. The second kappa shape index (κ2) is 5.51. The molecule has 0 unspecified atom stereocenters. The Morgan fingerprint density at radius 2 is 1.68 bits per heavy atom. The highest BCUT2D eigenvalue weighted by Crippen LogP contribution is 2.45. The van der Waals surface area contributed by atoms with E-state index >= 15 is 0 Å². The van der Waals surface area contributed by atoms with Gasteiger partial charge in [0.1, 0.15) is 0 Å². The van der Waals surface area contributed by atoms with Crippen molar-refractivity contribution in [3.8, 4) is 0 Å². The van der Waals surface area contributed by atoms with Crippen LogP contribution in [-0.2, 0) is 9.59 Å². The molecular weight excluding hydrogens is 292 g/mol. The van der Waals surface area contributed by atoms with E-state index in [1.165, 1.54) is 6.07 Å². The number of carboxylic acid groups (broad SMARTS) is 1. The minimum absolute atomic E-state index is 0.124. The fraction of sp³-hybridized carbons (Fsp3) is 0.375. The highest BCUT2D eigenvalue weighted by Gasteiger charge is 2.48. The number of benzene rings is 1. The van der Waals surface area contributed by atoms with Crippen LogP contribution in [0.3, 0.4) is 0 Å². The van der Waals surface area contributed by atoms with Gasteiger partial charge in [-0.25, -0.2) is 8.78 Å². The molecule has 4 nitrogen and oxygen atoms in total. The van der Waals surface area contributed by atoms with Gasteiger partial charge in [-0.3, -0.25) is 9.59 Å². The van der Waals surface area contributed by atoms with Crippen molar-refractivity contribution in [2.75, 3.05) is 5.32 Å². The van der Waals surface area contributed by atoms with E-state index in [0.717, 1.165) is 25.0 Å². The summed E-state index contributed by atoms with van der Waals surface area (Å²) in [6.45, 7) is 0. The van der Waals surface area contributed by atoms with Gasteiger partial charge in [0.15, 0.2) is 11.6 Å². The molecule has 0 aromatic heterocycles. The van der Waals surface area contributed by atoms with E-state index in [9.17, 15) is 23.5 Å². The number of fused-ring (bicyclic) bond motifs is 2. The van der Waals surface area contributed by atoms with Crippen molar-refractivity contribution in [1.82, 2.24) is 0 Å². The van der Waals surface area contributed by atoms with E-state index in [1.807, 2.05) is 12.2 Å². The molecule has 1 saturated carbocycles. The Balaban J connectivity index is 1.82.